The molecule has 1 aromatic rings. The lowest BCUT2D eigenvalue weighted by Crippen LogP contribution is -2.45. The Morgan fingerprint density at radius 1 is 1.24 bits per heavy atom. The van der Waals surface area contributed by atoms with E-state index in [2.05, 4.69) is 0 Å². The minimum absolute atomic E-state index is 0. The van der Waals surface area contributed by atoms with Crippen molar-refractivity contribution in [1.29, 1.82) is 0 Å². The first-order valence-corrected chi connectivity index (χ1v) is 9.50. The van der Waals surface area contributed by atoms with Crippen molar-refractivity contribution < 1.29 is 14.0 Å². The average Bonchev–Trinajstić information content (AvgIpc) is 2.84. The molecule has 2 amide bonds. The van der Waals surface area contributed by atoms with Crippen molar-refractivity contribution in [3.05, 3.63) is 35.6 Å². The number of hydrogen-bond donors (Lipinski definition) is 1. The van der Waals surface area contributed by atoms with Crippen LogP contribution in [0.1, 0.15) is 23.2 Å². The fourth-order valence-electron chi connectivity index (χ4n) is 2.75. The van der Waals surface area contributed by atoms with Crippen molar-refractivity contribution in [1.82, 2.24) is 9.80 Å². The van der Waals surface area contributed by atoms with Gasteiger partial charge in [-0.25, -0.2) is 4.39 Å². The first-order chi connectivity index (χ1) is 11.5. The summed E-state index contributed by atoms with van der Waals surface area (Å²) in [6.07, 6.45) is 3.34. The predicted octanol–water partition coefficient (Wildman–Crippen LogP) is 2.00. The van der Waals surface area contributed by atoms with E-state index in [-0.39, 0.29) is 24.2 Å². The van der Waals surface area contributed by atoms with Crippen LogP contribution in [0.2, 0.25) is 0 Å². The Morgan fingerprint density at radius 3 is 2.60 bits per heavy atom. The second-order valence-corrected chi connectivity index (χ2v) is 6.85. The smallest absolute Gasteiger partial charge is 0.254 e. The number of amides is 2. The third-order valence-corrected chi connectivity index (χ3v) is 4.76. The van der Waals surface area contributed by atoms with Gasteiger partial charge in [-0.3, -0.25) is 9.59 Å². The van der Waals surface area contributed by atoms with E-state index < -0.39 is 11.9 Å². The van der Waals surface area contributed by atoms with E-state index in [1.807, 2.05) is 6.26 Å². The molecule has 0 aliphatic carbocycles. The number of benzene rings is 1. The van der Waals surface area contributed by atoms with Gasteiger partial charge in [-0.1, -0.05) is 6.07 Å². The molecule has 1 heterocycles. The van der Waals surface area contributed by atoms with Crippen LogP contribution >= 0.6 is 24.2 Å². The summed E-state index contributed by atoms with van der Waals surface area (Å²) < 4.78 is 13.3. The fourth-order valence-corrected chi connectivity index (χ4v) is 3.24. The van der Waals surface area contributed by atoms with Gasteiger partial charge in [0, 0.05) is 31.7 Å². The Bertz CT molecular complexity index is 591. The number of nitrogens with two attached hydrogens (primary N) is 1. The molecule has 0 aromatic heterocycles. The third kappa shape index (κ3) is 6.17. The zero-order valence-corrected chi connectivity index (χ0v) is 16.0. The van der Waals surface area contributed by atoms with E-state index in [1.54, 1.807) is 27.6 Å². The Morgan fingerprint density at radius 2 is 1.92 bits per heavy atom. The molecule has 8 heteroatoms. The van der Waals surface area contributed by atoms with E-state index in [1.165, 1.54) is 18.2 Å². The molecule has 0 spiro atoms. The van der Waals surface area contributed by atoms with Crippen LogP contribution in [0.3, 0.4) is 0 Å². The third-order valence-electron chi connectivity index (χ3n) is 4.12. The molecule has 1 saturated heterocycles. The molecule has 0 bridgehead atoms. The summed E-state index contributed by atoms with van der Waals surface area (Å²) in [5.41, 5.74) is 6.30. The van der Waals surface area contributed by atoms with E-state index in [0.717, 1.165) is 5.75 Å². The van der Waals surface area contributed by atoms with E-state index in [4.69, 9.17) is 5.73 Å². The van der Waals surface area contributed by atoms with Crippen molar-refractivity contribution in [2.75, 3.05) is 38.2 Å². The number of rotatable bonds is 5. The maximum atomic E-state index is 13.3. The Hall–Kier alpha value is -1.31. The highest BCUT2D eigenvalue weighted by Gasteiger charge is 2.25. The number of hydrogen-bond acceptors (Lipinski definition) is 4. The minimum atomic E-state index is -0.483. The van der Waals surface area contributed by atoms with Gasteiger partial charge in [0.15, 0.2) is 0 Å². The molecule has 0 saturated carbocycles. The van der Waals surface area contributed by atoms with Gasteiger partial charge in [0.2, 0.25) is 5.91 Å². The molecule has 0 unspecified atom stereocenters. The normalized spacial score (nSPS) is 16.0. The molecule has 0 radical (unpaired) electrons. The first kappa shape index (κ1) is 21.7. The van der Waals surface area contributed by atoms with E-state index >= 15 is 0 Å². The van der Waals surface area contributed by atoms with Gasteiger partial charge in [0.05, 0.1) is 6.04 Å². The topological polar surface area (TPSA) is 66.6 Å². The summed E-state index contributed by atoms with van der Waals surface area (Å²) in [4.78, 5) is 28.3. The van der Waals surface area contributed by atoms with Gasteiger partial charge in [0.25, 0.3) is 5.91 Å². The van der Waals surface area contributed by atoms with Crippen molar-refractivity contribution in [3.8, 4) is 0 Å². The summed E-state index contributed by atoms with van der Waals surface area (Å²) in [6, 6.07) is 5.21. The van der Waals surface area contributed by atoms with Crippen LogP contribution in [-0.4, -0.2) is 65.8 Å². The first-order valence-electron chi connectivity index (χ1n) is 8.11. The van der Waals surface area contributed by atoms with Crippen LogP contribution in [0.25, 0.3) is 0 Å². The molecule has 2 N–H and O–H groups in total. The number of carbonyl (C=O) groups is 2. The van der Waals surface area contributed by atoms with Crippen LogP contribution in [0, 0.1) is 5.82 Å². The van der Waals surface area contributed by atoms with E-state index in [9.17, 15) is 14.0 Å². The highest BCUT2D eigenvalue weighted by Crippen LogP contribution is 2.12. The van der Waals surface area contributed by atoms with Crippen molar-refractivity contribution in [2.45, 2.75) is 18.9 Å². The van der Waals surface area contributed by atoms with Crippen molar-refractivity contribution in [2.24, 2.45) is 5.73 Å². The summed E-state index contributed by atoms with van der Waals surface area (Å²) in [5, 5.41) is 0. The van der Waals surface area contributed by atoms with Crippen LogP contribution in [0.4, 0.5) is 4.39 Å². The lowest BCUT2D eigenvalue weighted by Gasteiger charge is -2.24. The highest BCUT2D eigenvalue weighted by molar-refractivity contribution is 7.98. The molecular weight excluding hydrogens is 365 g/mol. The molecular formula is C17H25ClFN3O2S. The largest absolute Gasteiger partial charge is 0.340 e. The number of carbonyl (C=O) groups excluding carboxylic acids is 2. The number of thioether (sulfide) groups is 1. The van der Waals surface area contributed by atoms with Crippen LogP contribution in [-0.2, 0) is 4.79 Å². The maximum absolute atomic E-state index is 13.3. The van der Waals surface area contributed by atoms with Crippen LogP contribution in [0.15, 0.2) is 24.3 Å². The summed E-state index contributed by atoms with van der Waals surface area (Å²) >= 11 is 1.67. The predicted molar refractivity (Wildman–Crippen MR) is 102 cm³/mol. The number of nitrogens with zero attached hydrogens (tertiary/aromatic N) is 2. The standard InChI is InChI=1S/C17H24FN3O2S.ClH/c1-24-11-6-15(19)17(23)21-8-3-7-20(9-10-21)16(22)13-4-2-5-14(18)12-13;/h2,4-5,12,15H,3,6-11,19H2,1H3;1H/t15-;/m0./s1. The second-order valence-electron chi connectivity index (χ2n) is 5.87. The molecule has 1 aromatic carbocycles. The molecule has 1 aliphatic heterocycles. The molecule has 1 atom stereocenters. The van der Waals surface area contributed by atoms with Crippen molar-refractivity contribution in [3.63, 3.8) is 0 Å². The van der Waals surface area contributed by atoms with Crippen molar-refractivity contribution >= 4 is 36.0 Å². The van der Waals surface area contributed by atoms with Crippen LogP contribution in [0.5, 0.6) is 0 Å². The fraction of sp³-hybridized carbons (Fsp3) is 0.529. The molecule has 1 aliphatic rings. The minimum Gasteiger partial charge on any atom is -0.340 e. The molecule has 5 nitrogen and oxygen atoms in total. The monoisotopic (exact) mass is 389 g/mol. The quantitative estimate of drug-likeness (QED) is 0.836. The zero-order valence-electron chi connectivity index (χ0n) is 14.3. The lowest BCUT2D eigenvalue weighted by atomic mass is 10.2. The van der Waals surface area contributed by atoms with Gasteiger partial charge in [-0.2, -0.15) is 11.8 Å². The van der Waals surface area contributed by atoms with Gasteiger partial charge in [-0.15, -0.1) is 12.4 Å². The van der Waals surface area contributed by atoms with E-state index in [0.29, 0.717) is 44.6 Å². The zero-order chi connectivity index (χ0) is 17.5. The van der Waals surface area contributed by atoms with Gasteiger partial charge in [-0.05, 0) is 43.0 Å². The SMILES string of the molecule is CSCC[C@H](N)C(=O)N1CCCN(C(=O)c2cccc(F)c2)CC1.Cl. The lowest BCUT2D eigenvalue weighted by molar-refractivity contribution is -0.132. The summed E-state index contributed by atoms with van der Waals surface area (Å²) in [5.74, 6) is 0.178. The Labute approximate surface area is 158 Å². The Kier molecular flexibility index (Phi) is 9.24. The molecule has 2 rings (SSSR count). The second kappa shape index (κ2) is 10.6. The van der Waals surface area contributed by atoms with Gasteiger partial charge >= 0.3 is 0 Å². The summed E-state index contributed by atoms with van der Waals surface area (Å²) in [6.45, 7) is 2.06. The highest BCUT2D eigenvalue weighted by atomic mass is 35.5. The number of halogens is 2. The van der Waals surface area contributed by atoms with Gasteiger partial charge < -0.3 is 15.5 Å². The van der Waals surface area contributed by atoms with Crippen LogP contribution < -0.4 is 5.73 Å². The molecule has 140 valence electrons. The maximum Gasteiger partial charge on any atom is 0.254 e. The Balaban J connectivity index is 0.00000312. The average molecular weight is 390 g/mol. The summed E-state index contributed by atoms with van der Waals surface area (Å²) in [7, 11) is 0. The van der Waals surface area contributed by atoms with Gasteiger partial charge in [0.1, 0.15) is 5.82 Å². The molecule has 1 fully saturated rings. The molecule has 25 heavy (non-hydrogen) atoms.